The van der Waals surface area contributed by atoms with Gasteiger partial charge in [0.1, 0.15) is 12.0 Å². The fraction of sp³-hybridized carbons (Fsp3) is 0.364. The maximum absolute atomic E-state index is 10.2. The van der Waals surface area contributed by atoms with E-state index >= 15 is 0 Å². The Kier molecular flexibility index (Phi) is 3.96. The van der Waals surface area contributed by atoms with E-state index in [1.165, 1.54) is 0 Å². The summed E-state index contributed by atoms with van der Waals surface area (Å²) in [6.07, 6.45) is 2.05. The van der Waals surface area contributed by atoms with Crippen LogP contribution in [0.25, 0.3) is 0 Å². The Morgan fingerprint density at radius 1 is 1.50 bits per heavy atom. The van der Waals surface area contributed by atoms with Crippen LogP contribution in [0.5, 0.6) is 5.75 Å². The zero-order valence-electron chi connectivity index (χ0n) is 8.34. The van der Waals surface area contributed by atoms with Crippen LogP contribution in [-0.2, 0) is 11.2 Å². The van der Waals surface area contributed by atoms with Crippen LogP contribution in [0, 0.1) is 6.92 Å². The molecule has 76 valence electrons. The number of aryl methyl sites for hydroxylation is 2. The number of benzene rings is 1. The lowest BCUT2D eigenvalue weighted by Gasteiger charge is -2.08. The molecule has 0 atom stereocenters. The summed E-state index contributed by atoms with van der Waals surface area (Å²) in [5, 5.41) is 0.699. The van der Waals surface area contributed by atoms with E-state index in [0.29, 0.717) is 17.9 Å². The number of carbonyl (C=O) groups excluding carboxylic acids is 1. The first-order valence-corrected chi connectivity index (χ1v) is 4.83. The molecule has 1 aromatic rings. The molecule has 0 saturated heterocycles. The van der Waals surface area contributed by atoms with Crippen molar-refractivity contribution in [3.63, 3.8) is 0 Å². The molecule has 0 amide bonds. The Labute approximate surface area is 88.8 Å². The van der Waals surface area contributed by atoms with Gasteiger partial charge >= 0.3 is 0 Å². The zero-order valence-corrected chi connectivity index (χ0v) is 9.10. The summed E-state index contributed by atoms with van der Waals surface area (Å²) in [5.74, 6) is 0.815. The van der Waals surface area contributed by atoms with Crippen LogP contribution in [0.15, 0.2) is 12.1 Å². The predicted octanol–water partition coefficient (Wildman–Crippen LogP) is 2.79. The fourth-order valence-corrected chi connectivity index (χ4v) is 1.63. The Hall–Kier alpha value is -1.02. The van der Waals surface area contributed by atoms with Gasteiger partial charge in [0.05, 0.1) is 7.11 Å². The van der Waals surface area contributed by atoms with Gasteiger partial charge in [-0.1, -0.05) is 11.6 Å². The Morgan fingerprint density at radius 2 is 2.21 bits per heavy atom. The van der Waals surface area contributed by atoms with Gasteiger partial charge in [0, 0.05) is 11.4 Å². The molecule has 0 fully saturated rings. The summed E-state index contributed by atoms with van der Waals surface area (Å²) >= 11 is 6.02. The van der Waals surface area contributed by atoms with Crippen LogP contribution in [-0.4, -0.2) is 13.4 Å². The lowest BCUT2D eigenvalue weighted by molar-refractivity contribution is -0.107. The van der Waals surface area contributed by atoms with Gasteiger partial charge in [0.2, 0.25) is 0 Å². The summed E-state index contributed by atoms with van der Waals surface area (Å²) in [6.45, 7) is 1.94. The maximum atomic E-state index is 10.2. The van der Waals surface area contributed by atoms with Gasteiger partial charge in [0.25, 0.3) is 0 Å². The van der Waals surface area contributed by atoms with Crippen molar-refractivity contribution in [1.29, 1.82) is 0 Å². The van der Waals surface area contributed by atoms with Crippen LogP contribution in [0.2, 0.25) is 5.02 Å². The van der Waals surface area contributed by atoms with Crippen LogP contribution >= 0.6 is 11.6 Å². The maximum Gasteiger partial charge on any atom is 0.122 e. The molecule has 0 aliphatic rings. The molecule has 0 spiro atoms. The van der Waals surface area contributed by atoms with Crippen molar-refractivity contribution in [2.24, 2.45) is 0 Å². The molecule has 0 heterocycles. The molecule has 14 heavy (non-hydrogen) atoms. The van der Waals surface area contributed by atoms with E-state index < -0.39 is 0 Å². The molecule has 1 aromatic carbocycles. The van der Waals surface area contributed by atoms with Gasteiger partial charge in [-0.3, -0.25) is 0 Å². The molecule has 3 heteroatoms. The average Bonchev–Trinajstić information content (AvgIpc) is 2.17. The highest BCUT2D eigenvalue weighted by Crippen LogP contribution is 2.26. The molecule has 0 aromatic heterocycles. The molecule has 0 bridgehead atoms. The Morgan fingerprint density at radius 3 is 2.79 bits per heavy atom. The molecular formula is C11H13ClO2. The Bertz CT molecular complexity index is 334. The number of hydrogen-bond donors (Lipinski definition) is 0. The average molecular weight is 213 g/mol. The van der Waals surface area contributed by atoms with Crippen molar-refractivity contribution in [2.45, 2.75) is 19.8 Å². The largest absolute Gasteiger partial charge is 0.496 e. The van der Waals surface area contributed by atoms with Gasteiger partial charge in [-0.2, -0.15) is 0 Å². The van der Waals surface area contributed by atoms with Crippen LogP contribution < -0.4 is 4.74 Å². The van der Waals surface area contributed by atoms with Crippen molar-refractivity contribution < 1.29 is 9.53 Å². The quantitative estimate of drug-likeness (QED) is 0.718. The standard InChI is InChI=1S/C11H13ClO2/c1-8-6-10(12)9(4-3-5-13)7-11(8)14-2/h5-7H,3-4H2,1-2H3. The van der Waals surface area contributed by atoms with Gasteiger partial charge in [-0.25, -0.2) is 0 Å². The number of ether oxygens (including phenoxy) is 1. The van der Waals surface area contributed by atoms with Crippen LogP contribution in [0.3, 0.4) is 0 Å². The van der Waals surface area contributed by atoms with Crippen molar-refractivity contribution in [1.82, 2.24) is 0 Å². The Balaban J connectivity index is 2.98. The van der Waals surface area contributed by atoms with Crippen molar-refractivity contribution in [3.05, 3.63) is 28.3 Å². The number of aldehydes is 1. The van der Waals surface area contributed by atoms with Crippen molar-refractivity contribution in [3.8, 4) is 5.75 Å². The van der Waals surface area contributed by atoms with E-state index in [9.17, 15) is 4.79 Å². The zero-order chi connectivity index (χ0) is 10.6. The molecule has 0 aliphatic carbocycles. The molecule has 0 saturated carbocycles. The monoisotopic (exact) mass is 212 g/mol. The minimum atomic E-state index is 0.492. The van der Waals surface area contributed by atoms with E-state index in [1.807, 2.05) is 19.1 Å². The van der Waals surface area contributed by atoms with Gasteiger partial charge in [-0.15, -0.1) is 0 Å². The topological polar surface area (TPSA) is 26.3 Å². The summed E-state index contributed by atoms with van der Waals surface area (Å²) in [5.41, 5.74) is 1.97. The number of carbonyl (C=O) groups is 1. The van der Waals surface area contributed by atoms with Gasteiger partial charge in [-0.05, 0) is 36.6 Å². The SMILES string of the molecule is COc1cc(CCC=O)c(Cl)cc1C. The highest BCUT2D eigenvalue weighted by Gasteiger charge is 2.05. The van der Waals surface area contributed by atoms with Crippen molar-refractivity contribution >= 4 is 17.9 Å². The van der Waals surface area contributed by atoms with Crippen LogP contribution in [0.1, 0.15) is 17.5 Å². The first-order valence-electron chi connectivity index (χ1n) is 4.45. The second kappa shape index (κ2) is 5.01. The summed E-state index contributed by atoms with van der Waals surface area (Å²) in [4.78, 5) is 10.2. The number of methoxy groups -OCH3 is 1. The highest BCUT2D eigenvalue weighted by atomic mass is 35.5. The van der Waals surface area contributed by atoms with E-state index in [-0.39, 0.29) is 0 Å². The van der Waals surface area contributed by atoms with E-state index in [2.05, 4.69) is 0 Å². The summed E-state index contributed by atoms with van der Waals surface area (Å²) in [6, 6.07) is 3.75. The first-order chi connectivity index (χ1) is 6.69. The summed E-state index contributed by atoms with van der Waals surface area (Å²) in [7, 11) is 1.62. The molecule has 2 nitrogen and oxygen atoms in total. The smallest absolute Gasteiger partial charge is 0.122 e. The molecule has 0 N–H and O–H groups in total. The van der Waals surface area contributed by atoms with Gasteiger partial charge < -0.3 is 9.53 Å². The first kappa shape index (κ1) is 11.1. The molecule has 0 unspecified atom stereocenters. The third-order valence-electron chi connectivity index (χ3n) is 2.10. The van der Waals surface area contributed by atoms with Gasteiger partial charge in [0.15, 0.2) is 0 Å². The molecule has 0 aliphatic heterocycles. The lowest BCUT2D eigenvalue weighted by atomic mass is 10.1. The molecule has 0 radical (unpaired) electrons. The predicted molar refractivity (Wildman–Crippen MR) is 57.1 cm³/mol. The van der Waals surface area contributed by atoms with E-state index in [0.717, 1.165) is 23.2 Å². The lowest BCUT2D eigenvalue weighted by Crippen LogP contribution is -1.93. The minimum Gasteiger partial charge on any atom is -0.496 e. The number of halogens is 1. The number of rotatable bonds is 4. The normalized spacial score (nSPS) is 9.93. The van der Waals surface area contributed by atoms with E-state index in [1.54, 1.807) is 7.11 Å². The molecule has 1 rings (SSSR count). The third-order valence-corrected chi connectivity index (χ3v) is 2.45. The summed E-state index contributed by atoms with van der Waals surface area (Å²) < 4.78 is 5.17. The second-order valence-corrected chi connectivity index (χ2v) is 3.53. The van der Waals surface area contributed by atoms with E-state index in [4.69, 9.17) is 16.3 Å². The molecular weight excluding hydrogens is 200 g/mol. The second-order valence-electron chi connectivity index (χ2n) is 3.12. The third kappa shape index (κ3) is 2.48. The van der Waals surface area contributed by atoms with Crippen molar-refractivity contribution in [2.75, 3.05) is 7.11 Å². The fourth-order valence-electron chi connectivity index (χ4n) is 1.32. The minimum absolute atomic E-state index is 0.492. The number of hydrogen-bond acceptors (Lipinski definition) is 2. The highest BCUT2D eigenvalue weighted by molar-refractivity contribution is 6.31. The van der Waals surface area contributed by atoms with Crippen LogP contribution in [0.4, 0.5) is 0 Å².